The van der Waals surface area contributed by atoms with Gasteiger partial charge in [-0.25, -0.2) is 4.39 Å². The van der Waals surface area contributed by atoms with E-state index in [1.165, 1.54) is 12.1 Å². The standard InChI is InChI=1S/C22H25FN4O2/c1-22(2,3)29-21(28)17(24)8-9-18-19(14-10-12-25-13-11-14)20(27-26-18)15-4-6-16(23)7-5-15/h4-7,10-13,17H,8-9,24H2,1-3H3,(H,26,27)/t17-/m0/s1. The summed E-state index contributed by atoms with van der Waals surface area (Å²) in [5.74, 6) is -0.737. The Morgan fingerprint density at radius 3 is 2.41 bits per heavy atom. The van der Waals surface area contributed by atoms with Crippen molar-refractivity contribution in [2.75, 3.05) is 0 Å². The lowest BCUT2D eigenvalue weighted by Crippen LogP contribution is -2.37. The topological polar surface area (TPSA) is 93.9 Å². The summed E-state index contributed by atoms with van der Waals surface area (Å²) in [6, 6.07) is 9.21. The Kier molecular flexibility index (Phi) is 6.08. The van der Waals surface area contributed by atoms with Gasteiger partial charge in [0.1, 0.15) is 23.2 Å². The van der Waals surface area contributed by atoms with Gasteiger partial charge in [0.2, 0.25) is 0 Å². The van der Waals surface area contributed by atoms with Crippen LogP contribution in [0, 0.1) is 5.82 Å². The lowest BCUT2D eigenvalue weighted by atomic mass is 9.97. The fourth-order valence-electron chi connectivity index (χ4n) is 3.00. The monoisotopic (exact) mass is 396 g/mol. The third kappa shape index (κ3) is 5.26. The van der Waals surface area contributed by atoms with Gasteiger partial charge in [-0.2, -0.15) is 5.10 Å². The quantitative estimate of drug-likeness (QED) is 0.617. The van der Waals surface area contributed by atoms with Crippen LogP contribution in [0.4, 0.5) is 4.39 Å². The Bertz CT molecular complexity index is 963. The molecule has 0 fully saturated rings. The SMILES string of the molecule is CC(C)(C)OC(=O)[C@@H](N)CCc1[nH]nc(-c2ccc(F)cc2)c1-c1ccncc1. The van der Waals surface area contributed by atoms with Crippen molar-refractivity contribution in [3.63, 3.8) is 0 Å². The number of carbonyl (C=O) groups excluding carboxylic acids is 1. The second-order valence-electron chi connectivity index (χ2n) is 7.85. The van der Waals surface area contributed by atoms with Crippen molar-refractivity contribution in [1.29, 1.82) is 0 Å². The molecule has 2 aromatic heterocycles. The third-order valence-corrected chi connectivity index (χ3v) is 4.34. The van der Waals surface area contributed by atoms with E-state index in [0.717, 1.165) is 22.4 Å². The van der Waals surface area contributed by atoms with Crippen molar-refractivity contribution in [3.05, 3.63) is 60.3 Å². The number of H-pyrrole nitrogens is 1. The van der Waals surface area contributed by atoms with E-state index < -0.39 is 17.6 Å². The largest absolute Gasteiger partial charge is 0.459 e. The zero-order valence-corrected chi connectivity index (χ0v) is 16.8. The van der Waals surface area contributed by atoms with Gasteiger partial charge >= 0.3 is 5.97 Å². The molecule has 0 saturated heterocycles. The van der Waals surface area contributed by atoms with Gasteiger partial charge in [0, 0.05) is 29.2 Å². The number of rotatable bonds is 6. The number of esters is 1. The highest BCUT2D eigenvalue weighted by Gasteiger charge is 2.23. The molecule has 152 valence electrons. The Morgan fingerprint density at radius 2 is 1.79 bits per heavy atom. The highest BCUT2D eigenvalue weighted by Crippen LogP contribution is 2.33. The van der Waals surface area contributed by atoms with Crippen LogP contribution in [0.1, 0.15) is 32.9 Å². The van der Waals surface area contributed by atoms with Crippen molar-refractivity contribution in [2.24, 2.45) is 5.73 Å². The zero-order valence-electron chi connectivity index (χ0n) is 16.8. The fraction of sp³-hybridized carbons (Fsp3) is 0.318. The maximum Gasteiger partial charge on any atom is 0.323 e. The maximum absolute atomic E-state index is 13.3. The summed E-state index contributed by atoms with van der Waals surface area (Å²) in [6.07, 6.45) is 4.31. The zero-order chi connectivity index (χ0) is 21.0. The lowest BCUT2D eigenvalue weighted by Gasteiger charge is -2.22. The van der Waals surface area contributed by atoms with Gasteiger partial charge in [-0.05, 0) is 75.6 Å². The van der Waals surface area contributed by atoms with Crippen LogP contribution in [0.5, 0.6) is 0 Å². The number of ether oxygens (including phenoxy) is 1. The third-order valence-electron chi connectivity index (χ3n) is 4.34. The number of nitrogens with zero attached hydrogens (tertiary/aromatic N) is 2. The molecule has 0 aliphatic rings. The highest BCUT2D eigenvalue weighted by molar-refractivity contribution is 5.82. The molecule has 6 nitrogen and oxygen atoms in total. The summed E-state index contributed by atoms with van der Waals surface area (Å²) < 4.78 is 18.7. The van der Waals surface area contributed by atoms with E-state index in [2.05, 4.69) is 15.2 Å². The summed E-state index contributed by atoms with van der Waals surface area (Å²) >= 11 is 0. The average molecular weight is 396 g/mol. The molecule has 0 aliphatic carbocycles. The number of benzene rings is 1. The minimum Gasteiger partial charge on any atom is -0.459 e. The molecule has 3 rings (SSSR count). The minimum absolute atomic E-state index is 0.307. The van der Waals surface area contributed by atoms with Gasteiger partial charge in [-0.15, -0.1) is 0 Å². The molecular formula is C22H25FN4O2. The van der Waals surface area contributed by atoms with Crippen LogP contribution in [0.15, 0.2) is 48.8 Å². The van der Waals surface area contributed by atoms with Crippen LogP contribution in [-0.2, 0) is 16.0 Å². The first-order valence-electron chi connectivity index (χ1n) is 9.46. The molecule has 0 amide bonds. The van der Waals surface area contributed by atoms with Gasteiger partial charge < -0.3 is 10.5 Å². The molecule has 0 spiro atoms. The smallest absolute Gasteiger partial charge is 0.323 e. The summed E-state index contributed by atoms with van der Waals surface area (Å²) in [5.41, 5.74) is 9.60. The van der Waals surface area contributed by atoms with Crippen molar-refractivity contribution in [1.82, 2.24) is 15.2 Å². The molecule has 7 heteroatoms. The van der Waals surface area contributed by atoms with Gasteiger partial charge in [-0.3, -0.25) is 14.9 Å². The molecule has 0 radical (unpaired) electrons. The Morgan fingerprint density at radius 1 is 1.14 bits per heavy atom. The molecular weight excluding hydrogens is 371 g/mol. The van der Waals surface area contributed by atoms with Crippen molar-refractivity contribution >= 4 is 5.97 Å². The Balaban J connectivity index is 1.87. The number of nitrogens with two attached hydrogens (primary N) is 1. The van der Waals surface area contributed by atoms with Crippen LogP contribution in [-0.4, -0.2) is 32.8 Å². The molecule has 2 heterocycles. The summed E-state index contributed by atoms with van der Waals surface area (Å²) in [7, 11) is 0. The summed E-state index contributed by atoms with van der Waals surface area (Å²) in [4.78, 5) is 16.2. The maximum atomic E-state index is 13.3. The van der Waals surface area contributed by atoms with Crippen LogP contribution in [0.2, 0.25) is 0 Å². The number of pyridine rings is 1. The van der Waals surface area contributed by atoms with E-state index in [4.69, 9.17) is 10.5 Å². The molecule has 3 N–H and O–H groups in total. The molecule has 0 saturated carbocycles. The van der Waals surface area contributed by atoms with Crippen LogP contribution < -0.4 is 5.73 Å². The van der Waals surface area contributed by atoms with Crippen LogP contribution >= 0.6 is 0 Å². The highest BCUT2D eigenvalue weighted by atomic mass is 19.1. The first-order chi connectivity index (χ1) is 13.7. The first-order valence-corrected chi connectivity index (χ1v) is 9.46. The van der Waals surface area contributed by atoms with Crippen molar-refractivity contribution in [2.45, 2.75) is 45.3 Å². The van der Waals surface area contributed by atoms with Crippen molar-refractivity contribution in [3.8, 4) is 22.4 Å². The number of nitrogens with one attached hydrogen (secondary N) is 1. The fourth-order valence-corrected chi connectivity index (χ4v) is 3.00. The Labute approximate surface area is 169 Å². The molecule has 0 aliphatic heterocycles. The van der Waals surface area contributed by atoms with Gasteiger partial charge in [0.15, 0.2) is 0 Å². The van der Waals surface area contributed by atoms with Gasteiger partial charge in [-0.1, -0.05) is 0 Å². The van der Waals surface area contributed by atoms with E-state index in [1.807, 2.05) is 32.9 Å². The number of hydrogen-bond acceptors (Lipinski definition) is 5. The molecule has 1 atom stereocenters. The van der Waals surface area contributed by atoms with E-state index in [-0.39, 0.29) is 5.82 Å². The lowest BCUT2D eigenvalue weighted by molar-refractivity contribution is -0.156. The number of carbonyl (C=O) groups is 1. The number of hydrogen-bond donors (Lipinski definition) is 2. The first kappa shape index (κ1) is 20.7. The second kappa shape index (κ2) is 8.53. The van der Waals surface area contributed by atoms with Crippen LogP contribution in [0.25, 0.3) is 22.4 Å². The molecule has 29 heavy (non-hydrogen) atoms. The molecule has 0 bridgehead atoms. The van der Waals surface area contributed by atoms with E-state index in [0.29, 0.717) is 18.5 Å². The molecule has 3 aromatic rings. The summed E-state index contributed by atoms with van der Waals surface area (Å²) in [6.45, 7) is 5.43. The van der Waals surface area contributed by atoms with Crippen molar-refractivity contribution < 1.29 is 13.9 Å². The molecule has 0 unspecified atom stereocenters. The normalized spacial score (nSPS) is 12.6. The predicted octanol–water partition coefficient (Wildman–Crippen LogP) is 3.88. The minimum atomic E-state index is -0.739. The summed E-state index contributed by atoms with van der Waals surface area (Å²) in [5, 5.41) is 7.51. The molecule has 1 aromatic carbocycles. The van der Waals surface area contributed by atoms with Crippen LogP contribution in [0.3, 0.4) is 0 Å². The predicted molar refractivity (Wildman–Crippen MR) is 109 cm³/mol. The number of halogens is 1. The average Bonchev–Trinajstić information content (AvgIpc) is 3.10. The number of aromatic amines is 1. The van der Waals surface area contributed by atoms with E-state index in [1.54, 1.807) is 24.5 Å². The van der Waals surface area contributed by atoms with E-state index in [9.17, 15) is 9.18 Å². The number of aryl methyl sites for hydroxylation is 1. The van der Waals surface area contributed by atoms with Gasteiger partial charge in [0.25, 0.3) is 0 Å². The second-order valence-corrected chi connectivity index (χ2v) is 7.85. The Hall–Kier alpha value is -3.06. The van der Waals surface area contributed by atoms with Gasteiger partial charge in [0.05, 0.1) is 0 Å². The van der Waals surface area contributed by atoms with E-state index >= 15 is 0 Å². The number of aromatic nitrogens is 3.